The average Bonchev–Trinajstić information content (AvgIpc) is 2.25. The minimum atomic E-state index is -0.0242. The van der Waals surface area contributed by atoms with Crippen LogP contribution in [0.25, 0.3) is 0 Å². The van der Waals surface area contributed by atoms with Gasteiger partial charge in [-0.15, -0.1) is 0 Å². The van der Waals surface area contributed by atoms with E-state index >= 15 is 0 Å². The fraction of sp³-hybridized carbons (Fsp3) is 0.0909. The molecule has 3 nitrogen and oxygen atoms in total. The van der Waals surface area contributed by atoms with Crippen molar-refractivity contribution in [3.8, 4) is 0 Å². The van der Waals surface area contributed by atoms with Crippen LogP contribution >= 0.6 is 15.9 Å². The molecule has 0 atom stereocenters. The first-order valence-corrected chi connectivity index (χ1v) is 5.31. The molecule has 76 valence electrons. The Morgan fingerprint density at radius 3 is 2.87 bits per heavy atom. The maximum absolute atomic E-state index is 11.5. The minimum Gasteiger partial charge on any atom is -0.308 e. The van der Waals surface area contributed by atoms with Crippen LogP contribution < -0.4 is 5.56 Å². The Balaban J connectivity index is 2.32. The molecular formula is C11H9BrN2O. The molecule has 0 saturated heterocycles. The molecule has 0 aliphatic carbocycles. The summed E-state index contributed by atoms with van der Waals surface area (Å²) in [5, 5.41) is 0. The van der Waals surface area contributed by atoms with Crippen molar-refractivity contribution in [3.63, 3.8) is 0 Å². The molecular weight excluding hydrogens is 256 g/mol. The molecule has 0 aliphatic rings. The Morgan fingerprint density at radius 2 is 2.13 bits per heavy atom. The van der Waals surface area contributed by atoms with E-state index < -0.39 is 0 Å². The van der Waals surface area contributed by atoms with Crippen molar-refractivity contribution in [1.29, 1.82) is 0 Å². The maximum Gasteiger partial charge on any atom is 0.250 e. The van der Waals surface area contributed by atoms with Crippen molar-refractivity contribution >= 4 is 15.9 Å². The third kappa shape index (κ3) is 2.53. The maximum atomic E-state index is 11.5. The molecule has 0 bridgehead atoms. The monoisotopic (exact) mass is 264 g/mol. The predicted octanol–water partition coefficient (Wildman–Crippen LogP) is 2.05. The van der Waals surface area contributed by atoms with E-state index in [-0.39, 0.29) is 5.56 Å². The van der Waals surface area contributed by atoms with Crippen LogP contribution in [0, 0.1) is 0 Å². The predicted molar refractivity (Wildman–Crippen MR) is 61.7 cm³/mol. The van der Waals surface area contributed by atoms with E-state index in [0.29, 0.717) is 6.54 Å². The highest BCUT2D eigenvalue weighted by atomic mass is 79.9. The number of hydrogen-bond donors (Lipinski definition) is 0. The quantitative estimate of drug-likeness (QED) is 0.833. The highest BCUT2D eigenvalue weighted by molar-refractivity contribution is 9.10. The van der Waals surface area contributed by atoms with Gasteiger partial charge in [-0.1, -0.05) is 6.07 Å². The Morgan fingerprint density at radius 1 is 1.27 bits per heavy atom. The van der Waals surface area contributed by atoms with Gasteiger partial charge in [-0.2, -0.15) is 0 Å². The summed E-state index contributed by atoms with van der Waals surface area (Å²) in [4.78, 5) is 15.7. The van der Waals surface area contributed by atoms with Crippen LogP contribution in [0.3, 0.4) is 0 Å². The van der Waals surface area contributed by atoms with Gasteiger partial charge in [-0.05, 0) is 34.1 Å². The standard InChI is InChI=1S/C11H9BrN2O/c12-9-4-5-11(15)14(7-9)8-10-3-1-2-6-13-10/h1-7H,8H2. The fourth-order valence-corrected chi connectivity index (χ4v) is 1.67. The van der Waals surface area contributed by atoms with Gasteiger partial charge >= 0.3 is 0 Å². The number of nitrogens with zero attached hydrogens (tertiary/aromatic N) is 2. The molecule has 2 aromatic rings. The molecule has 0 aliphatic heterocycles. The zero-order valence-electron chi connectivity index (χ0n) is 7.93. The van der Waals surface area contributed by atoms with E-state index in [1.54, 1.807) is 23.0 Å². The molecule has 2 aromatic heterocycles. The SMILES string of the molecule is O=c1ccc(Br)cn1Cc1ccccn1. The van der Waals surface area contributed by atoms with Gasteiger partial charge < -0.3 is 4.57 Å². The highest BCUT2D eigenvalue weighted by Gasteiger charge is 1.98. The summed E-state index contributed by atoms with van der Waals surface area (Å²) in [5.41, 5.74) is 0.849. The lowest BCUT2D eigenvalue weighted by atomic mass is 10.3. The van der Waals surface area contributed by atoms with E-state index in [4.69, 9.17) is 0 Å². The van der Waals surface area contributed by atoms with Crippen LogP contribution in [0.5, 0.6) is 0 Å². The van der Waals surface area contributed by atoms with Crippen molar-refractivity contribution in [2.45, 2.75) is 6.54 Å². The molecule has 0 unspecified atom stereocenters. The Labute approximate surface area is 95.5 Å². The van der Waals surface area contributed by atoms with Gasteiger partial charge in [-0.3, -0.25) is 9.78 Å². The van der Waals surface area contributed by atoms with Crippen molar-refractivity contribution in [3.05, 3.63) is 63.2 Å². The number of halogens is 1. The third-order valence-corrected chi connectivity index (χ3v) is 2.47. The zero-order chi connectivity index (χ0) is 10.7. The summed E-state index contributed by atoms with van der Waals surface area (Å²) >= 11 is 3.33. The Hall–Kier alpha value is -1.42. The first kappa shape index (κ1) is 10.1. The van der Waals surface area contributed by atoms with Gasteiger partial charge in [0.25, 0.3) is 5.56 Å². The van der Waals surface area contributed by atoms with E-state index in [2.05, 4.69) is 20.9 Å². The number of pyridine rings is 2. The molecule has 0 fully saturated rings. The van der Waals surface area contributed by atoms with Gasteiger partial charge in [0.2, 0.25) is 0 Å². The molecule has 0 spiro atoms. The van der Waals surface area contributed by atoms with E-state index in [1.807, 2.05) is 18.2 Å². The van der Waals surface area contributed by atoms with Crippen LogP contribution in [0.2, 0.25) is 0 Å². The molecule has 0 aromatic carbocycles. The summed E-state index contributed by atoms with van der Waals surface area (Å²) in [5.74, 6) is 0. The zero-order valence-corrected chi connectivity index (χ0v) is 9.52. The molecule has 4 heteroatoms. The van der Waals surface area contributed by atoms with Crippen LogP contribution in [-0.2, 0) is 6.54 Å². The molecule has 0 saturated carbocycles. The fourth-order valence-electron chi connectivity index (χ4n) is 1.29. The van der Waals surface area contributed by atoms with Crippen LogP contribution in [0.4, 0.5) is 0 Å². The van der Waals surface area contributed by atoms with Crippen molar-refractivity contribution in [1.82, 2.24) is 9.55 Å². The second kappa shape index (κ2) is 4.40. The van der Waals surface area contributed by atoms with Crippen molar-refractivity contribution in [2.24, 2.45) is 0 Å². The molecule has 2 heterocycles. The van der Waals surface area contributed by atoms with Gasteiger partial charge in [0.15, 0.2) is 0 Å². The van der Waals surface area contributed by atoms with E-state index in [9.17, 15) is 4.79 Å². The summed E-state index contributed by atoms with van der Waals surface area (Å²) < 4.78 is 2.50. The highest BCUT2D eigenvalue weighted by Crippen LogP contribution is 2.06. The third-order valence-electron chi connectivity index (χ3n) is 2.01. The van der Waals surface area contributed by atoms with Gasteiger partial charge in [0.1, 0.15) is 0 Å². The second-order valence-corrected chi connectivity index (χ2v) is 4.05. The topological polar surface area (TPSA) is 34.9 Å². The first-order valence-electron chi connectivity index (χ1n) is 4.51. The smallest absolute Gasteiger partial charge is 0.250 e. The summed E-state index contributed by atoms with van der Waals surface area (Å²) in [6, 6.07) is 8.93. The Kier molecular flexibility index (Phi) is 2.97. The Bertz CT molecular complexity index is 507. The average molecular weight is 265 g/mol. The van der Waals surface area contributed by atoms with Gasteiger partial charge in [-0.25, -0.2) is 0 Å². The van der Waals surface area contributed by atoms with Gasteiger partial charge in [0.05, 0.1) is 12.2 Å². The van der Waals surface area contributed by atoms with E-state index in [0.717, 1.165) is 10.2 Å². The van der Waals surface area contributed by atoms with Crippen molar-refractivity contribution < 1.29 is 0 Å². The summed E-state index contributed by atoms with van der Waals surface area (Å²) in [6.45, 7) is 0.499. The normalized spacial score (nSPS) is 10.2. The van der Waals surface area contributed by atoms with Gasteiger partial charge in [0, 0.05) is 22.9 Å². The first-order chi connectivity index (χ1) is 7.25. The molecule has 15 heavy (non-hydrogen) atoms. The van der Waals surface area contributed by atoms with Crippen LogP contribution in [0.1, 0.15) is 5.69 Å². The lowest BCUT2D eigenvalue weighted by Gasteiger charge is -2.04. The van der Waals surface area contributed by atoms with E-state index in [1.165, 1.54) is 6.07 Å². The number of aromatic nitrogens is 2. The lowest BCUT2D eigenvalue weighted by Crippen LogP contribution is -2.19. The summed E-state index contributed by atoms with van der Waals surface area (Å²) in [7, 11) is 0. The largest absolute Gasteiger partial charge is 0.308 e. The molecule has 0 radical (unpaired) electrons. The summed E-state index contributed by atoms with van der Waals surface area (Å²) in [6.07, 6.45) is 3.48. The second-order valence-electron chi connectivity index (χ2n) is 3.13. The number of rotatable bonds is 2. The van der Waals surface area contributed by atoms with Crippen LogP contribution in [-0.4, -0.2) is 9.55 Å². The molecule has 0 N–H and O–H groups in total. The minimum absolute atomic E-state index is 0.0242. The number of hydrogen-bond acceptors (Lipinski definition) is 2. The molecule has 2 rings (SSSR count). The lowest BCUT2D eigenvalue weighted by molar-refractivity contribution is 0.737. The molecule has 0 amide bonds. The van der Waals surface area contributed by atoms with Crippen molar-refractivity contribution in [2.75, 3.05) is 0 Å². The van der Waals surface area contributed by atoms with Crippen LogP contribution in [0.15, 0.2) is 52.0 Å².